The highest BCUT2D eigenvalue weighted by molar-refractivity contribution is 9.10. The van der Waals surface area contributed by atoms with Gasteiger partial charge in [-0.2, -0.15) is 0 Å². The molecule has 0 aromatic heterocycles. The van der Waals surface area contributed by atoms with Crippen molar-refractivity contribution in [3.8, 4) is 5.75 Å². The van der Waals surface area contributed by atoms with Crippen LogP contribution in [0.3, 0.4) is 0 Å². The largest absolute Gasteiger partial charge is 0.493 e. The van der Waals surface area contributed by atoms with Gasteiger partial charge in [-0.05, 0) is 31.5 Å². The lowest BCUT2D eigenvalue weighted by Gasteiger charge is -2.16. The second-order valence-corrected chi connectivity index (χ2v) is 5.43. The zero-order chi connectivity index (χ0) is 12.3. The molecular formula is C13H18BrNO2. The van der Waals surface area contributed by atoms with Gasteiger partial charge in [0, 0.05) is 28.6 Å². The summed E-state index contributed by atoms with van der Waals surface area (Å²) in [5, 5.41) is 0. The van der Waals surface area contributed by atoms with Gasteiger partial charge in [-0.1, -0.05) is 15.9 Å². The lowest BCUT2D eigenvalue weighted by atomic mass is 10.1. The Kier molecular flexibility index (Phi) is 4.42. The second kappa shape index (κ2) is 5.85. The van der Waals surface area contributed by atoms with Crippen molar-refractivity contribution >= 4 is 15.9 Å². The summed E-state index contributed by atoms with van der Waals surface area (Å²) >= 11 is 3.45. The summed E-state index contributed by atoms with van der Waals surface area (Å²) in [4.78, 5) is 0. The second-order valence-electron chi connectivity index (χ2n) is 4.51. The van der Waals surface area contributed by atoms with Crippen LogP contribution in [-0.2, 0) is 4.74 Å². The highest BCUT2D eigenvalue weighted by atomic mass is 79.9. The lowest BCUT2D eigenvalue weighted by molar-refractivity contribution is 0.166. The molecule has 1 saturated heterocycles. The quantitative estimate of drug-likeness (QED) is 0.930. The third-order valence-electron chi connectivity index (χ3n) is 2.96. The Morgan fingerprint density at radius 3 is 3.06 bits per heavy atom. The maximum atomic E-state index is 5.94. The summed E-state index contributed by atoms with van der Waals surface area (Å²) in [6.45, 7) is 4.34. The zero-order valence-corrected chi connectivity index (χ0v) is 11.6. The van der Waals surface area contributed by atoms with Gasteiger partial charge in [-0.25, -0.2) is 0 Å². The minimum Gasteiger partial charge on any atom is -0.493 e. The van der Waals surface area contributed by atoms with Gasteiger partial charge in [0.25, 0.3) is 0 Å². The molecule has 0 bridgehead atoms. The molecule has 4 heteroatoms. The highest BCUT2D eigenvalue weighted by Gasteiger charge is 2.17. The molecule has 0 radical (unpaired) electrons. The van der Waals surface area contributed by atoms with E-state index in [4.69, 9.17) is 15.2 Å². The molecule has 1 heterocycles. The molecule has 2 N–H and O–H groups in total. The Hall–Kier alpha value is -0.580. The van der Waals surface area contributed by atoms with Crippen molar-refractivity contribution < 1.29 is 9.47 Å². The summed E-state index contributed by atoms with van der Waals surface area (Å²) in [6, 6.07) is 5.94. The maximum absolute atomic E-state index is 5.94. The van der Waals surface area contributed by atoms with Crippen LogP contribution >= 0.6 is 15.9 Å². The maximum Gasteiger partial charge on any atom is 0.124 e. The third kappa shape index (κ3) is 3.44. The Bertz CT molecular complexity index is 376. The lowest BCUT2D eigenvalue weighted by Crippen LogP contribution is -2.14. The van der Waals surface area contributed by atoms with E-state index in [-0.39, 0.29) is 6.04 Å². The van der Waals surface area contributed by atoms with Crippen LogP contribution in [0.15, 0.2) is 22.7 Å². The first-order valence-corrected chi connectivity index (χ1v) is 6.71. The summed E-state index contributed by atoms with van der Waals surface area (Å²) < 4.78 is 12.2. The van der Waals surface area contributed by atoms with Gasteiger partial charge < -0.3 is 15.2 Å². The molecule has 2 rings (SSSR count). The molecule has 1 aliphatic rings. The van der Waals surface area contributed by atoms with Crippen LogP contribution < -0.4 is 10.5 Å². The average molecular weight is 300 g/mol. The van der Waals surface area contributed by atoms with Crippen LogP contribution in [0.2, 0.25) is 0 Å². The van der Waals surface area contributed by atoms with E-state index in [1.165, 1.54) is 0 Å². The van der Waals surface area contributed by atoms with E-state index in [1.54, 1.807) is 0 Å². The average Bonchev–Trinajstić information content (AvgIpc) is 2.80. The van der Waals surface area contributed by atoms with Gasteiger partial charge in [0.15, 0.2) is 0 Å². The molecule has 0 spiro atoms. The minimum absolute atomic E-state index is 0.0256. The van der Waals surface area contributed by atoms with Crippen LogP contribution in [0.5, 0.6) is 5.75 Å². The summed E-state index contributed by atoms with van der Waals surface area (Å²) in [7, 11) is 0. The molecule has 0 saturated carbocycles. The van der Waals surface area contributed by atoms with Crippen LogP contribution in [-0.4, -0.2) is 19.8 Å². The predicted octanol–water partition coefficient (Wildman–Crippen LogP) is 2.88. The number of halogens is 1. The molecule has 17 heavy (non-hydrogen) atoms. The Morgan fingerprint density at radius 1 is 1.59 bits per heavy atom. The van der Waals surface area contributed by atoms with Crippen molar-refractivity contribution in [2.75, 3.05) is 19.8 Å². The molecule has 1 aromatic carbocycles. The van der Waals surface area contributed by atoms with Crippen molar-refractivity contribution in [2.24, 2.45) is 11.7 Å². The van der Waals surface area contributed by atoms with E-state index in [9.17, 15) is 0 Å². The van der Waals surface area contributed by atoms with Gasteiger partial charge >= 0.3 is 0 Å². The van der Waals surface area contributed by atoms with Crippen LogP contribution in [0.25, 0.3) is 0 Å². The molecule has 3 nitrogen and oxygen atoms in total. The van der Waals surface area contributed by atoms with Crippen molar-refractivity contribution in [3.05, 3.63) is 28.2 Å². The molecule has 94 valence electrons. The van der Waals surface area contributed by atoms with Crippen LogP contribution in [0.4, 0.5) is 0 Å². The van der Waals surface area contributed by atoms with Gasteiger partial charge in [0.2, 0.25) is 0 Å². The molecule has 0 aliphatic carbocycles. The summed E-state index contributed by atoms with van der Waals surface area (Å²) in [5.74, 6) is 1.40. The van der Waals surface area contributed by atoms with Gasteiger partial charge in [-0.3, -0.25) is 0 Å². The SMILES string of the molecule is C[C@@H](N)c1cc(Br)ccc1OCC1CCOC1. The third-order valence-corrected chi connectivity index (χ3v) is 3.45. The number of ether oxygens (including phenoxy) is 2. The Balaban J connectivity index is 2.03. The van der Waals surface area contributed by atoms with Gasteiger partial charge in [-0.15, -0.1) is 0 Å². The fourth-order valence-corrected chi connectivity index (χ4v) is 2.31. The van der Waals surface area contributed by atoms with Gasteiger partial charge in [0.05, 0.1) is 13.2 Å². The normalized spacial score (nSPS) is 21.5. The first kappa shape index (κ1) is 12.9. The first-order chi connectivity index (χ1) is 8.16. The first-order valence-electron chi connectivity index (χ1n) is 5.92. The van der Waals surface area contributed by atoms with E-state index in [0.717, 1.165) is 35.4 Å². The monoisotopic (exact) mass is 299 g/mol. The van der Waals surface area contributed by atoms with Gasteiger partial charge in [0.1, 0.15) is 5.75 Å². The fraction of sp³-hybridized carbons (Fsp3) is 0.538. The van der Waals surface area contributed by atoms with Crippen molar-refractivity contribution in [2.45, 2.75) is 19.4 Å². The smallest absolute Gasteiger partial charge is 0.124 e. The van der Waals surface area contributed by atoms with Crippen molar-refractivity contribution in [1.82, 2.24) is 0 Å². The predicted molar refractivity (Wildman–Crippen MR) is 71.2 cm³/mol. The number of benzene rings is 1. The number of hydrogen-bond acceptors (Lipinski definition) is 3. The molecule has 0 amide bonds. The Morgan fingerprint density at radius 2 is 2.41 bits per heavy atom. The molecule has 1 fully saturated rings. The Labute approximate surface area is 110 Å². The topological polar surface area (TPSA) is 44.5 Å². The summed E-state index contributed by atoms with van der Waals surface area (Å²) in [5.41, 5.74) is 6.98. The van der Waals surface area contributed by atoms with E-state index in [1.807, 2.05) is 25.1 Å². The summed E-state index contributed by atoms with van der Waals surface area (Å²) in [6.07, 6.45) is 1.09. The zero-order valence-electron chi connectivity index (χ0n) is 9.99. The molecular weight excluding hydrogens is 282 g/mol. The standard InChI is InChI=1S/C13H18BrNO2/c1-9(15)12-6-11(14)2-3-13(12)17-8-10-4-5-16-7-10/h2-3,6,9-10H,4-5,7-8,15H2,1H3/t9-,10?/m1/s1. The van der Waals surface area contributed by atoms with E-state index < -0.39 is 0 Å². The van der Waals surface area contributed by atoms with Crippen molar-refractivity contribution in [3.63, 3.8) is 0 Å². The van der Waals surface area contributed by atoms with Crippen molar-refractivity contribution in [1.29, 1.82) is 0 Å². The van der Waals surface area contributed by atoms with Crippen LogP contribution in [0, 0.1) is 5.92 Å². The molecule has 1 aliphatic heterocycles. The molecule has 2 atom stereocenters. The van der Waals surface area contributed by atoms with E-state index >= 15 is 0 Å². The number of hydrogen-bond donors (Lipinski definition) is 1. The van der Waals surface area contributed by atoms with E-state index in [2.05, 4.69) is 15.9 Å². The van der Waals surface area contributed by atoms with E-state index in [0.29, 0.717) is 12.5 Å². The minimum atomic E-state index is -0.0256. The fourth-order valence-electron chi connectivity index (χ4n) is 1.93. The van der Waals surface area contributed by atoms with Crippen LogP contribution in [0.1, 0.15) is 24.9 Å². The number of nitrogens with two attached hydrogens (primary N) is 1. The molecule has 1 unspecified atom stereocenters. The molecule has 1 aromatic rings. The number of rotatable bonds is 4. The highest BCUT2D eigenvalue weighted by Crippen LogP contribution is 2.28.